The molecule has 0 aliphatic heterocycles. The molecule has 0 spiro atoms. The van der Waals surface area contributed by atoms with Crippen LogP contribution < -0.4 is 0 Å². The molecule has 0 radical (unpaired) electrons. The van der Waals surface area contributed by atoms with Gasteiger partial charge in [-0.25, -0.2) is 4.98 Å². The van der Waals surface area contributed by atoms with E-state index in [0.29, 0.717) is 11.6 Å². The van der Waals surface area contributed by atoms with Crippen molar-refractivity contribution in [2.24, 2.45) is 7.05 Å². The molecule has 0 saturated heterocycles. The van der Waals surface area contributed by atoms with E-state index in [1.54, 1.807) is 18.0 Å². The molecule has 0 unspecified atom stereocenters. The summed E-state index contributed by atoms with van der Waals surface area (Å²) in [5, 5.41) is 8.99. The van der Waals surface area contributed by atoms with Crippen LogP contribution >= 0.6 is 11.8 Å². The van der Waals surface area contributed by atoms with Crippen LogP contribution in [0.1, 0.15) is 11.7 Å². The van der Waals surface area contributed by atoms with Gasteiger partial charge in [-0.15, -0.1) is 10.2 Å². The van der Waals surface area contributed by atoms with Gasteiger partial charge in [0.15, 0.2) is 10.9 Å². The zero-order chi connectivity index (χ0) is 13.9. The number of aromatic nitrogens is 4. The minimum Gasteiger partial charge on any atom is -0.440 e. The van der Waals surface area contributed by atoms with Crippen LogP contribution in [0.4, 0.5) is 0 Å². The van der Waals surface area contributed by atoms with Crippen molar-refractivity contribution < 1.29 is 4.42 Å². The van der Waals surface area contributed by atoms with Crippen molar-refractivity contribution in [3.05, 3.63) is 48.2 Å². The van der Waals surface area contributed by atoms with E-state index in [-0.39, 0.29) is 0 Å². The van der Waals surface area contributed by atoms with Gasteiger partial charge in [-0.05, 0) is 6.92 Å². The summed E-state index contributed by atoms with van der Waals surface area (Å²) < 4.78 is 7.70. The average Bonchev–Trinajstić information content (AvgIpc) is 3.07. The Hall–Kier alpha value is -2.08. The molecule has 3 aromatic rings. The van der Waals surface area contributed by atoms with Crippen LogP contribution in [0, 0.1) is 6.92 Å². The zero-order valence-corrected chi connectivity index (χ0v) is 12.1. The summed E-state index contributed by atoms with van der Waals surface area (Å²) in [6.45, 7) is 1.93. The zero-order valence-electron chi connectivity index (χ0n) is 11.3. The Balaban J connectivity index is 1.70. The van der Waals surface area contributed by atoms with E-state index in [2.05, 4.69) is 15.2 Å². The number of thioether (sulfide) groups is 1. The fourth-order valence-electron chi connectivity index (χ4n) is 1.75. The van der Waals surface area contributed by atoms with E-state index < -0.39 is 0 Å². The Bertz CT molecular complexity index is 705. The van der Waals surface area contributed by atoms with Crippen LogP contribution in [0.5, 0.6) is 0 Å². The molecule has 0 bridgehead atoms. The number of oxazole rings is 1. The highest BCUT2D eigenvalue weighted by atomic mass is 32.2. The van der Waals surface area contributed by atoms with Crippen molar-refractivity contribution in [3.63, 3.8) is 0 Å². The van der Waals surface area contributed by atoms with E-state index in [1.807, 2.05) is 48.9 Å². The third-order valence-corrected chi connectivity index (χ3v) is 3.99. The van der Waals surface area contributed by atoms with E-state index in [0.717, 1.165) is 22.3 Å². The first-order valence-electron chi connectivity index (χ1n) is 6.23. The van der Waals surface area contributed by atoms with Crippen LogP contribution in [-0.4, -0.2) is 19.7 Å². The second kappa shape index (κ2) is 5.50. The highest BCUT2D eigenvalue weighted by Gasteiger charge is 2.10. The van der Waals surface area contributed by atoms with Crippen molar-refractivity contribution in [1.82, 2.24) is 19.7 Å². The van der Waals surface area contributed by atoms with Crippen molar-refractivity contribution in [2.45, 2.75) is 17.8 Å². The van der Waals surface area contributed by atoms with Gasteiger partial charge in [-0.1, -0.05) is 42.1 Å². The Labute approximate surface area is 121 Å². The largest absolute Gasteiger partial charge is 0.440 e. The third kappa shape index (κ3) is 2.60. The molecule has 0 saturated carbocycles. The quantitative estimate of drug-likeness (QED) is 0.690. The smallest absolute Gasteiger partial charge is 0.205 e. The number of aryl methyl sites for hydroxylation is 1. The summed E-state index contributed by atoms with van der Waals surface area (Å²) in [5.41, 5.74) is 1.03. The molecule has 0 amide bonds. The lowest BCUT2D eigenvalue weighted by Gasteiger charge is -1.99. The van der Waals surface area contributed by atoms with Gasteiger partial charge in [0.25, 0.3) is 0 Å². The Morgan fingerprint density at radius 1 is 1.20 bits per heavy atom. The first-order chi connectivity index (χ1) is 9.74. The standard InChI is InChI=1S/C14H14N4OS/c1-10-16-17-14(18(10)2)20-9-13-15-8-12(19-13)11-6-4-3-5-7-11/h3-8H,9H2,1-2H3. The van der Waals surface area contributed by atoms with E-state index in [4.69, 9.17) is 4.42 Å². The summed E-state index contributed by atoms with van der Waals surface area (Å²) in [5.74, 6) is 3.01. The van der Waals surface area contributed by atoms with Gasteiger partial charge in [-0.3, -0.25) is 0 Å². The van der Waals surface area contributed by atoms with Gasteiger partial charge in [0, 0.05) is 12.6 Å². The Morgan fingerprint density at radius 2 is 2.00 bits per heavy atom. The maximum atomic E-state index is 5.75. The normalized spacial score (nSPS) is 10.9. The van der Waals surface area contributed by atoms with Gasteiger partial charge in [0.1, 0.15) is 5.82 Å². The van der Waals surface area contributed by atoms with Gasteiger partial charge in [-0.2, -0.15) is 0 Å². The van der Waals surface area contributed by atoms with Gasteiger partial charge < -0.3 is 8.98 Å². The lowest BCUT2D eigenvalue weighted by atomic mass is 10.2. The molecule has 1 aromatic carbocycles. The number of hydrogen-bond donors (Lipinski definition) is 0. The van der Waals surface area contributed by atoms with Crippen LogP contribution in [0.15, 0.2) is 46.1 Å². The van der Waals surface area contributed by atoms with Crippen LogP contribution in [0.3, 0.4) is 0 Å². The number of hydrogen-bond acceptors (Lipinski definition) is 5. The summed E-state index contributed by atoms with van der Waals surface area (Å²) in [7, 11) is 1.95. The van der Waals surface area contributed by atoms with Gasteiger partial charge in [0.2, 0.25) is 5.89 Å². The van der Waals surface area contributed by atoms with Crippen LogP contribution in [0.2, 0.25) is 0 Å². The summed E-state index contributed by atoms with van der Waals surface area (Å²) in [6.07, 6.45) is 1.76. The molecule has 0 aliphatic rings. The maximum absolute atomic E-state index is 5.75. The van der Waals surface area contributed by atoms with Crippen molar-refractivity contribution >= 4 is 11.8 Å². The molecule has 2 heterocycles. The van der Waals surface area contributed by atoms with E-state index >= 15 is 0 Å². The predicted octanol–water partition coefficient (Wildman–Crippen LogP) is 3.07. The fraction of sp³-hybridized carbons (Fsp3) is 0.214. The minimum atomic E-state index is 0.638. The van der Waals surface area contributed by atoms with E-state index in [9.17, 15) is 0 Å². The highest BCUT2D eigenvalue weighted by molar-refractivity contribution is 7.98. The lowest BCUT2D eigenvalue weighted by molar-refractivity contribution is 0.529. The van der Waals surface area contributed by atoms with Crippen LogP contribution in [0.25, 0.3) is 11.3 Å². The third-order valence-electron chi connectivity index (χ3n) is 2.99. The van der Waals surface area contributed by atoms with E-state index in [1.165, 1.54) is 0 Å². The molecule has 5 nitrogen and oxygen atoms in total. The SMILES string of the molecule is Cc1nnc(SCc2ncc(-c3ccccc3)o2)n1C. The second-order valence-electron chi connectivity index (χ2n) is 4.36. The summed E-state index contributed by atoms with van der Waals surface area (Å²) in [4.78, 5) is 4.30. The Morgan fingerprint density at radius 3 is 2.70 bits per heavy atom. The first-order valence-corrected chi connectivity index (χ1v) is 7.21. The summed E-state index contributed by atoms with van der Waals surface area (Å²) in [6, 6.07) is 9.95. The molecule has 0 N–H and O–H groups in total. The molecule has 0 fully saturated rings. The topological polar surface area (TPSA) is 56.7 Å². The minimum absolute atomic E-state index is 0.638. The molecule has 20 heavy (non-hydrogen) atoms. The molecular formula is C14H14N4OS. The molecular weight excluding hydrogens is 272 g/mol. The van der Waals surface area contributed by atoms with Crippen molar-refractivity contribution in [3.8, 4) is 11.3 Å². The number of nitrogens with zero attached hydrogens (tertiary/aromatic N) is 4. The fourth-order valence-corrected chi connectivity index (χ4v) is 2.56. The van der Waals surface area contributed by atoms with Crippen molar-refractivity contribution in [2.75, 3.05) is 0 Å². The lowest BCUT2D eigenvalue weighted by Crippen LogP contribution is -1.93. The number of rotatable bonds is 4. The highest BCUT2D eigenvalue weighted by Crippen LogP contribution is 2.24. The Kier molecular flexibility index (Phi) is 3.56. The molecule has 0 atom stereocenters. The summed E-state index contributed by atoms with van der Waals surface area (Å²) >= 11 is 1.56. The second-order valence-corrected chi connectivity index (χ2v) is 5.30. The number of benzene rings is 1. The van der Waals surface area contributed by atoms with Gasteiger partial charge in [0.05, 0.1) is 11.9 Å². The molecule has 6 heteroatoms. The van der Waals surface area contributed by atoms with Crippen molar-refractivity contribution in [1.29, 1.82) is 0 Å². The molecule has 2 aromatic heterocycles. The first kappa shape index (κ1) is 12.9. The van der Waals surface area contributed by atoms with Crippen LogP contribution in [-0.2, 0) is 12.8 Å². The monoisotopic (exact) mass is 286 g/mol. The van der Waals surface area contributed by atoms with Gasteiger partial charge >= 0.3 is 0 Å². The average molecular weight is 286 g/mol. The molecule has 102 valence electrons. The molecule has 3 rings (SSSR count). The molecule has 0 aliphatic carbocycles. The predicted molar refractivity (Wildman–Crippen MR) is 77.2 cm³/mol. The maximum Gasteiger partial charge on any atom is 0.205 e.